The summed E-state index contributed by atoms with van der Waals surface area (Å²) in [6, 6.07) is 5.02. The average molecular weight is 239 g/mol. The lowest BCUT2D eigenvalue weighted by Gasteiger charge is -2.12. The van der Waals surface area contributed by atoms with Crippen molar-refractivity contribution in [2.45, 2.75) is 13.0 Å². The molecule has 1 atom stereocenters. The Morgan fingerprint density at radius 3 is 2.69 bits per heavy atom. The highest BCUT2D eigenvalue weighted by Gasteiger charge is 2.10. The van der Waals surface area contributed by atoms with Gasteiger partial charge in [-0.1, -0.05) is 0 Å². The normalized spacial score (nSPS) is 12.8. The van der Waals surface area contributed by atoms with Crippen LogP contribution >= 0.6 is 0 Å². The SMILES string of the molecule is CC(CS(C)(=O)=O)Nc1ccc(C#N)cn1. The minimum Gasteiger partial charge on any atom is -0.367 e. The molecule has 1 aromatic rings. The van der Waals surface area contributed by atoms with Gasteiger partial charge < -0.3 is 5.32 Å². The zero-order chi connectivity index (χ0) is 12.2. The summed E-state index contributed by atoms with van der Waals surface area (Å²) >= 11 is 0. The van der Waals surface area contributed by atoms with Gasteiger partial charge in [-0.3, -0.25) is 0 Å². The number of aromatic nitrogens is 1. The number of hydrogen-bond donors (Lipinski definition) is 1. The van der Waals surface area contributed by atoms with E-state index in [0.29, 0.717) is 11.4 Å². The first-order valence-corrected chi connectivity index (χ1v) is 6.77. The van der Waals surface area contributed by atoms with Crippen LogP contribution in [0.4, 0.5) is 5.82 Å². The Labute approximate surface area is 95.0 Å². The summed E-state index contributed by atoms with van der Waals surface area (Å²) in [4.78, 5) is 3.99. The highest BCUT2D eigenvalue weighted by molar-refractivity contribution is 7.90. The fourth-order valence-corrected chi connectivity index (χ4v) is 2.29. The summed E-state index contributed by atoms with van der Waals surface area (Å²) in [5.74, 6) is 0.615. The molecule has 5 nitrogen and oxygen atoms in total. The average Bonchev–Trinajstić information content (AvgIpc) is 2.16. The van der Waals surface area contributed by atoms with Gasteiger partial charge in [-0.05, 0) is 19.1 Å². The molecule has 6 heteroatoms. The van der Waals surface area contributed by atoms with Crippen LogP contribution in [0.15, 0.2) is 18.3 Å². The third-order valence-electron chi connectivity index (χ3n) is 1.84. The maximum atomic E-state index is 11.0. The first-order valence-electron chi connectivity index (χ1n) is 4.71. The molecule has 1 N–H and O–H groups in total. The zero-order valence-corrected chi connectivity index (χ0v) is 9.95. The van der Waals surface area contributed by atoms with Crippen LogP contribution in [-0.2, 0) is 9.84 Å². The van der Waals surface area contributed by atoms with Gasteiger partial charge in [0.1, 0.15) is 21.7 Å². The molecule has 1 rings (SSSR count). The highest BCUT2D eigenvalue weighted by atomic mass is 32.2. The molecule has 1 unspecified atom stereocenters. The Hall–Kier alpha value is -1.61. The third kappa shape index (κ3) is 4.28. The van der Waals surface area contributed by atoms with E-state index in [1.165, 1.54) is 12.5 Å². The van der Waals surface area contributed by atoms with Gasteiger partial charge in [-0.2, -0.15) is 5.26 Å². The molecule has 1 aromatic heterocycles. The molecule has 0 aliphatic heterocycles. The van der Waals surface area contributed by atoms with Gasteiger partial charge in [0, 0.05) is 18.5 Å². The number of nitrogens with one attached hydrogen (secondary N) is 1. The molecular weight excluding hydrogens is 226 g/mol. The third-order valence-corrected chi connectivity index (χ3v) is 2.95. The molecule has 0 fully saturated rings. The maximum absolute atomic E-state index is 11.0. The molecule has 0 radical (unpaired) electrons. The number of pyridine rings is 1. The van der Waals surface area contributed by atoms with Crippen molar-refractivity contribution in [2.75, 3.05) is 17.3 Å². The number of nitriles is 1. The molecule has 0 amide bonds. The van der Waals surface area contributed by atoms with Crippen molar-refractivity contribution in [2.24, 2.45) is 0 Å². The van der Waals surface area contributed by atoms with Gasteiger partial charge in [0.25, 0.3) is 0 Å². The summed E-state index contributed by atoms with van der Waals surface area (Å²) < 4.78 is 22.1. The Bertz CT molecular complexity index is 488. The first kappa shape index (κ1) is 12.5. The van der Waals surface area contributed by atoms with E-state index in [2.05, 4.69) is 10.3 Å². The van der Waals surface area contributed by atoms with Gasteiger partial charge in [0.15, 0.2) is 0 Å². The molecular formula is C10H13N3O2S. The molecule has 0 spiro atoms. The summed E-state index contributed by atoms with van der Waals surface area (Å²) in [6.45, 7) is 1.76. The number of anilines is 1. The van der Waals surface area contributed by atoms with E-state index < -0.39 is 9.84 Å². The molecule has 86 valence electrons. The molecule has 0 aliphatic rings. The van der Waals surface area contributed by atoms with Gasteiger partial charge >= 0.3 is 0 Å². The number of nitrogens with zero attached hydrogens (tertiary/aromatic N) is 2. The highest BCUT2D eigenvalue weighted by Crippen LogP contribution is 2.06. The minimum atomic E-state index is -3.00. The lowest BCUT2D eigenvalue weighted by molar-refractivity contribution is 0.598. The van der Waals surface area contributed by atoms with Crippen LogP contribution in [0.2, 0.25) is 0 Å². The fraction of sp³-hybridized carbons (Fsp3) is 0.400. The number of rotatable bonds is 4. The quantitative estimate of drug-likeness (QED) is 0.840. The lowest BCUT2D eigenvalue weighted by atomic mass is 10.3. The molecule has 16 heavy (non-hydrogen) atoms. The van der Waals surface area contributed by atoms with E-state index in [4.69, 9.17) is 5.26 Å². The minimum absolute atomic E-state index is 0.0503. The Kier molecular flexibility index (Phi) is 3.85. The molecule has 0 aromatic carbocycles. The molecule has 0 saturated carbocycles. The van der Waals surface area contributed by atoms with Gasteiger partial charge in [-0.15, -0.1) is 0 Å². The predicted molar refractivity (Wildman–Crippen MR) is 61.7 cm³/mol. The van der Waals surface area contributed by atoms with Crippen LogP contribution in [0.25, 0.3) is 0 Å². The van der Waals surface area contributed by atoms with Gasteiger partial charge in [0.2, 0.25) is 0 Å². The van der Waals surface area contributed by atoms with Crippen molar-refractivity contribution in [3.05, 3.63) is 23.9 Å². The van der Waals surface area contributed by atoms with Gasteiger partial charge in [0.05, 0.1) is 11.3 Å². The van der Waals surface area contributed by atoms with Crippen molar-refractivity contribution in [3.63, 3.8) is 0 Å². The summed E-state index contributed by atoms with van der Waals surface area (Å²) in [5, 5.41) is 11.5. The summed E-state index contributed by atoms with van der Waals surface area (Å²) in [7, 11) is -3.00. The topological polar surface area (TPSA) is 82.9 Å². The predicted octanol–water partition coefficient (Wildman–Crippen LogP) is 0.798. The Morgan fingerprint density at radius 1 is 1.56 bits per heavy atom. The van der Waals surface area contributed by atoms with E-state index in [0.717, 1.165) is 0 Å². The van der Waals surface area contributed by atoms with Crippen molar-refractivity contribution < 1.29 is 8.42 Å². The maximum Gasteiger partial charge on any atom is 0.149 e. The molecule has 0 saturated heterocycles. The smallest absolute Gasteiger partial charge is 0.149 e. The zero-order valence-electron chi connectivity index (χ0n) is 9.14. The van der Waals surface area contributed by atoms with E-state index in [1.807, 2.05) is 6.07 Å². The van der Waals surface area contributed by atoms with Crippen LogP contribution in [0, 0.1) is 11.3 Å². The van der Waals surface area contributed by atoms with Crippen molar-refractivity contribution in [1.82, 2.24) is 4.98 Å². The van der Waals surface area contributed by atoms with Crippen molar-refractivity contribution in [3.8, 4) is 6.07 Å². The van der Waals surface area contributed by atoms with Crippen LogP contribution < -0.4 is 5.32 Å². The van der Waals surface area contributed by atoms with Crippen LogP contribution in [0.5, 0.6) is 0 Å². The van der Waals surface area contributed by atoms with Gasteiger partial charge in [-0.25, -0.2) is 13.4 Å². The second-order valence-corrected chi connectivity index (χ2v) is 5.87. The van der Waals surface area contributed by atoms with Crippen LogP contribution in [0.1, 0.15) is 12.5 Å². The standard InChI is InChI=1S/C10H13N3O2S/c1-8(7-16(2,14)15)13-10-4-3-9(5-11)6-12-10/h3-4,6,8H,7H2,1-2H3,(H,12,13). The second-order valence-electron chi connectivity index (χ2n) is 3.68. The summed E-state index contributed by atoms with van der Waals surface area (Å²) in [6.07, 6.45) is 2.63. The molecule has 0 bridgehead atoms. The van der Waals surface area contributed by atoms with E-state index in [1.54, 1.807) is 19.1 Å². The second kappa shape index (κ2) is 4.94. The van der Waals surface area contributed by atoms with E-state index in [9.17, 15) is 8.42 Å². The first-order chi connectivity index (χ1) is 7.40. The summed E-state index contributed by atoms with van der Waals surface area (Å²) in [5.41, 5.74) is 0.473. The molecule has 1 heterocycles. The number of sulfone groups is 1. The van der Waals surface area contributed by atoms with E-state index >= 15 is 0 Å². The van der Waals surface area contributed by atoms with Crippen molar-refractivity contribution >= 4 is 15.7 Å². The van der Waals surface area contributed by atoms with Crippen molar-refractivity contribution in [1.29, 1.82) is 5.26 Å². The van der Waals surface area contributed by atoms with E-state index in [-0.39, 0.29) is 11.8 Å². The Morgan fingerprint density at radius 2 is 2.25 bits per heavy atom. The monoisotopic (exact) mass is 239 g/mol. The molecule has 0 aliphatic carbocycles. The fourth-order valence-electron chi connectivity index (χ4n) is 1.29. The Balaban J connectivity index is 2.64. The largest absolute Gasteiger partial charge is 0.367 e. The number of hydrogen-bond acceptors (Lipinski definition) is 5. The van der Waals surface area contributed by atoms with Crippen LogP contribution in [0.3, 0.4) is 0 Å². The van der Waals surface area contributed by atoms with Crippen LogP contribution in [-0.4, -0.2) is 31.5 Å². The lowest BCUT2D eigenvalue weighted by Crippen LogP contribution is -2.25.